The Balaban J connectivity index is 1.62. The van der Waals surface area contributed by atoms with Gasteiger partial charge in [-0.25, -0.2) is 4.79 Å². The number of esters is 1. The lowest BCUT2D eigenvalue weighted by Crippen LogP contribution is -2.41. The van der Waals surface area contributed by atoms with Crippen LogP contribution in [0.15, 0.2) is 0 Å². The molecule has 4 rings (SSSR count). The number of aliphatic carboxylic acids is 1. The summed E-state index contributed by atoms with van der Waals surface area (Å²) < 4.78 is 10.9. The molecule has 3 aliphatic rings. The molecule has 1 aromatic rings. The summed E-state index contributed by atoms with van der Waals surface area (Å²) in [4.78, 5) is 38.2. The first kappa shape index (κ1) is 18.4. The van der Waals surface area contributed by atoms with Gasteiger partial charge in [-0.05, 0) is 51.0 Å². The number of carbonyl (C=O) groups is 3. The van der Waals surface area contributed by atoms with Gasteiger partial charge < -0.3 is 19.9 Å². The third-order valence-electron chi connectivity index (χ3n) is 5.75. The van der Waals surface area contributed by atoms with E-state index in [1.54, 1.807) is 6.92 Å². The minimum atomic E-state index is -1.00. The molecule has 2 saturated heterocycles. The van der Waals surface area contributed by atoms with Crippen LogP contribution in [0.2, 0.25) is 0 Å². The molecule has 2 bridgehead atoms. The predicted octanol–water partition coefficient (Wildman–Crippen LogP) is 2.62. The number of ether oxygens (including phenoxy) is 2. The number of carbonyl (C=O) groups excluding carboxylic acids is 2. The van der Waals surface area contributed by atoms with Gasteiger partial charge in [-0.3, -0.25) is 9.59 Å². The molecule has 1 aromatic heterocycles. The summed E-state index contributed by atoms with van der Waals surface area (Å²) in [5.41, 5.74) is 1.42. The van der Waals surface area contributed by atoms with E-state index >= 15 is 0 Å². The number of nitrogens with one attached hydrogen (secondary N) is 1. The highest BCUT2D eigenvalue weighted by Crippen LogP contribution is 2.45. The summed E-state index contributed by atoms with van der Waals surface area (Å²) in [7, 11) is 0. The lowest BCUT2D eigenvalue weighted by atomic mass is 9.78. The second-order valence-electron chi connectivity index (χ2n) is 7.30. The van der Waals surface area contributed by atoms with Gasteiger partial charge in [0, 0.05) is 4.88 Å². The van der Waals surface area contributed by atoms with E-state index < -0.39 is 29.9 Å². The van der Waals surface area contributed by atoms with Crippen molar-refractivity contribution in [3.05, 3.63) is 16.0 Å². The summed E-state index contributed by atoms with van der Waals surface area (Å²) >= 11 is 1.41. The van der Waals surface area contributed by atoms with Crippen LogP contribution in [0.4, 0.5) is 5.00 Å². The van der Waals surface area contributed by atoms with Crippen molar-refractivity contribution in [1.29, 1.82) is 0 Å². The van der Waals surface area contributed by atoms with Crippen LogP contribution in [0, 0.1) is 11.8 Å². The van der Waals surface area contributed by atoms with Crippen molar-refractivity contribution in [2.45, 2.75) is 57.7 Å². The smallest absolute Gasteiger partial charge is 0.341 e. The van der Waals surface area contributed by atoms with Crippen molar-refractivity contribution in [2.75, 3.05) is 11.9 Å². The highest BCUT2D eigenvalue weighted by molar-refractivity contribution is 7.17. The number of hydrogen-bond donors (Lipinski definition) is 2. The number of anilines is 1. The van der Waals surface area contributed by atoms with E-state index in [0.717, 1.165) is 36.1 Å². The van der Waals surface area contributed by atoms with Gasteiger partial charge in [-0.2, -0.15) is 0 Å². The number of fused-ring (bicyclic) bond motifs is 3. The number of rotatable bonds is 5. The number of carboxylic acids is 1. The molecular formula is C19H23NO6S. The standard InChI is InChI=1S/C19H23NO6S/c1-2-25-19(24)13-9-5-3-4-6-12(9)27-17(13)20-16(21)14-10-7-8-11(26-10)15(14)18(22)23/h10-11,14-15H,2-8H2,1H3,(H,20,21)(H,22,23)/t10-,11+,14-,15+/m1/s1. The normalized spacial score (nSPS) is 28.6. The van der Waals surface area contributed by atoms with Crippen LogP contribution >= 0.6 is 11.3 Å². The Morgan fingerprint density at radius 2 is 1.89 bits per heavy atom. The van der Waals surface area contributed by atoms with Gasteiger partial charge in [0.15, 0.2) is 0 Å². The lowest BCUT2D eigenvalue weighted by Gasteiger charge is -2.23. The Morgan fingerprint density at radius 3 is 2.59 bits per heavy atom. The Morgan fingerprint density at radius 1 is 1.19 bits per heavy atom. The van der Waals surface area contributed by atoms with Gasteiger partial charge in [0.05, 0.1) is 36.2 Å². The van der Waals surface area contributed by atoms with Gasteiger partial charge in [0.25, 0.3) is 0 Å². The molecule has 4 atom stereocenters. The van der Waals surface area contributed by atoms with Gasteiger partial charge in [-0.1, -0.05) is 0 Å². The van der Waals surface area contributed by atoms with Crippen molar-refractivity contribution in [1.82, 2.24) is 0 Å². The third kappa shape index (κ3) is 3.14. The fourth-order valence-electron chi connectivity index (χ4n) is 4.59. The predicted molar refractivity (Wildman–Crippen MR) is 98.1 cm³/mol. The molecule has 0 radical (unpaired) electrons. The Labute approximate surface area is 161 Å². The molecule has 0 saturated carbocycles. The molecule has 2 fully saturated rings. The van der Waals surface area contributed by atoms with E-state index in [9.17, 15) is 19.5 Å². The van der Waals surface area contributed by atoms with E-state index in [2.05, 4.69) is 5.32 Å². The van der Waals surface area contributed by atoms with Crippen LogP contribution in [0.3, 0.4) is 0 Å². The van der Waals surface area contributed by atoms with Gasteiger partial charge in [0.1, 0.15) is 5.00 Å². The highest BCUT2D eigenvalue weighted by atomic mass is 32.1. The molecule has 0 aromatic carbocycles. The monoisotopic (exact) mass is 393 g/mol. The zero-order valence-electron chi connectivity index (χ0n) is 15.2. The quantitative estimate of drug-likeness (QED) is 0.746. The molecule has 0 spiro atoms. The van der Waals surface area contributed by atoms with Crippen molar-refractivity contribution in [3.63, 3.8) is 0 Å². The van der Waals surface area contributed by atoms with Crippen LogP contribution in [-0.4, -0.2) is 41.8 Å². The maximum absolute atomic E-state index is 13.0. The number of hydrogen-bond acceptors (Lipinski definition) is 6. The first-order valence-electron chi connectivity index (χ1n) is 9.52. The van der Waals surface area contributed by atoms with Crippen molar-refractivity contribution >= 4 is 34.2 Å². The zero-order chi connectivity index (χ0) is 19.1. The largest absolute Gasteiger partial charge is 0.481 e. The molecule has 146 valence electrons. The fourth-order valence-corrected chi connectivity index (χ4v) is 5.87. The maximum Gasteiger partial charge on any atom is 0.341 e. The molecule has 1 aliphatic carbocycles. The molecule has 2 N–H and O–H groups in total. The van der Waals surface area contributed by atoms with Crippen molar-refractivity contribution in [3.8, 4) is 0 Å². The van der Waals surface area contributed by atoms with E-state index in [4.69, 9.17) is 9.47 Å². The zero-order valence-corrected chi connectivity index (χ0v) is 16.0. The van der Waals surface area contributed by atoms with Crippen molar-refractivity contribution in [2.24, 2.45) is 11.8 Å². The van der Waals surface area contributed by atoms with E-state index in [1.165, 1.54) is 11.3 Å². The Bertz CT molecular complexity index is 787. The topological polar surface area (TPSA) is 102 Å². The summed E-state index contributed by atoms with van der Waals surface area (Å²) in [5.74, 6) is -3.36. The molecule has 1 amide bonds. The van der Waals surface area contributed by atoms with E-state index in [0.29, 0.717) is 23.4 Å². The summed E-state index contributed by atoms with van der Waals surface area (Å²) in [5, 5.41) is 12.9. The first-order valence-corrected chi connectivity index (χ1v) is 10.3. The van der Waals surface area contributed by atoms with E-state index in [1.807, 2.05) is 0 Å². The van der Waals surface area contributed by atoms with Crippen LogP contribution in [0.5, 0.6) is 0 Å². The average Bonchev–Trinajstić information content (AvgIpc) is 3.33. The number of thiophene rings is 1. The van der Waals surface area contributed by atoms with Gasteiger partial charge in [-0.15, -0.1) is 11.3 Å². The Hall–Kier alpha value is -1.93. The summed E-state index contributed by atoms with van der Waals surface area (Å²) in [6.07, 6.45) is 4.35. The SMILES string of the molecule is CCOC(=O)c1c(NC(=O)[C@H]2[C@@H](C(=O)O)[C@@H]3CC[C@H]2O3)sc2c1CCCC2. The molecule has 7 nitrogen and oxygen atoms in total. The molecule has 3 heterocycles. The maximum atomic E-state index is 13.0. The van der Waals surface area contributed by atoms with Gasteiger partial charge >= 0.3 is 11.9 Å². The number of aryl methyl sites for hydroxylation is 1. The third-order valence-corrected chi connectivity index (χ3v) is 6.96. The molecule has 0 unspecified atom stereocenters. The molecule has 27 heavy (non-hydrogen) atoms. The summed E-state index contributed by atoms with van der Waals surface area (Å²) in [6, 6.07) is 0. The molecule has 8 heteroatoms. The average molecular weight is 393 g/mol. The second-order valence-corrected chi connectivity index (χ2v) is 8.41. The number of carboxylic acid groups (broad SMARTS) is 1. The van der Waals surface area contributed by atoms with Crippen molar-refractivity contribution < 1.29 is 29.0 Å². The second kappa shape index (κ2) is 7.24. The lowest BCUT2D eigenvalue weighted by molar-refractivity contribution is -0.147. The van der Waals surface area contributed by atoms with E-state index in [-0.39, 0.29) is 18.6 Å². The number of amides is 1. The summed E-state index contributed by atoms with van der Waals surface area (Å²) in [6.45, 7) is 2.01. The van der Waals surface area contributed by atoms with Gasteiger partial charge in [0.2, 0.25) is 5.91 Å². The van der Waals surface area contributed by atoms with Crippen LogP contribution in [0.25, 0.3) is 0 Å². The van der Waals surface area contributed by atoms with Crippen LogP contribution in [0.1, 0.15) is 53.4 Å². The minimum absolute atomic E-state index is 0.262. The van der Waals surface area contributed by atoms with Crippen LogP contribution in [-0.2, 0) is 31.9 Å². The first-order chi connectivity index (χ1) is 13.0. The highest BCUT2D eigenvalue weighted by Gasteiger charge is 2.55. The minimum Gasteiger partial charge on any atom is -0.481 e. The van der Waals surface area contributed by atoms with Crippen LogP contribution < -0.4 is 5.32 Å². The molecular weight excluding hydrogens is 370 g/mol. The fraction of sp³-hybridized carbons (Fsp3) is 0.632. The Kier molecular flexibility index (Phi) is 4.94. The molecule has 2 aliphatic heterocycles.